The van der Waals surface area contributed by atoms with Crippen molar-refractivity contribution in [3.05, 3.63) is 65.3 Å². The fourth-order valence-electron chi connectivity index (χ4n) is 7.61. The Morgan fingerprint density at radius 1 is 1.10 bits per heavy atom. The van der Waals surface area contributed by atoms with Gasteiger partial charge in [-0.05, 0) is 70.7 Å². The summed E-state index contributed by atoms with van der Waals surface area (Å²) in [4.78, 5) is 35.2. The van der Waals surface area contributed by atoms with Gasteiger partial charge < -0.3 is 19.4 Å². The van der Waals surface area contributed by atoms with Crippen molar-refractivity contribution in [3.8, 4) is 17.3 Å². The standard InChI is InChI=1S/C36H40ClF2N7O2/c1-43(2)16-5-10-28(47)45-19-13-24(21-45)44(3)34-26-20-40-32(25-9-4-8-23-11-12-27(38)30(37)29(23)25)31(39)33(26)41-35(42-34)48-22-36-14-6-17-46(36)18-7-15-36/h4-5,8-12,20,24H,6-7,13-19,21-22H2,1-3H3/b10-5+/t24-/m1/s1. The Labute approximate surface area is 284 Å². The van der Waals surface area contributed by atoms with Gasteiger partial charge in [0.15, 0.2) is 5.82 Å². The highest BCUT2D eigenvalue weighted by atomic mass is 35.5. The summed E-state index contributed by atoms with van der Waals surface area (Å²) in [6.07, 6.45) is 10.1. The molecule has 2 aromatic heterocycles. The fraction of sp³-hybridized carbons (Fsp3) is 0.444. The maximum atomic E-state index is 16.8. The van der Waals surface area contributed by atoms with E-state index in [0.717, 1.165) is 45.2 Å². The third kappa shape index (κ3) is 5.97. The Hall–Kier alpha value is -3.93. The van der Waals surface area contributed by atoms with E-state index >= 15 is 4.39 Å². The molecule has 0 bridgehead atoms. The number of anilines is 1. The Morgan fingerprint density at radius 2 is 1.90 bits per heavy atom. The van der Waals surface area contributed by atoms with Crippen LogP contribution in [0.25, 0.3) is 32.9 Å². The fourth-order valence-corrected chi connectivity index (χ4v) is 7.88. The van der Waals surface area contributed by atoms with Gasteiger partial charge in [0.2, 0.25) is 5.91 Å². The van der Waals surface area contributed by atoms with E-state index in [2.05, 4.69) is 14.9 Å². The van der Waals surface area contributed by atoms with Crippen LogP contribution in [0.1, 0.15) is 32.1 Å². The zero-order chi connectivity index (χ0) is 33.6. The van der Waals surface area contributed by atoms with Gasteiger partial charge >= 0.3 is 6.01 Å². The van der Waals surface area contributed by atoms with E-state index in [0.29, 0.717) is 53.8 Å². The first kappa shape index (κ1) is 32.6. The number of likely N-dealkylation sites (N-methyl/N-ethyl adjacent to an activating group) is 2. The number of likely N-dealkylation sites (tertiary alicyclic amines) is 1. The SMILES string of the molecule is CN(C)C/C=C/C(=O)N1CC[C@@H](N(C)c2nc(OCC34CCCN3CCC4)nc3c(F)c(-c4cccc5ccc(F)c(Cl)c45)ncc23)C1. The third-order valence-corrected chi connectivity index (χ3v) is 10.6. The largest absolute Gasteiger partial charge is 0.461 e. The highest BCUT2D eigenvalue weighted by Gasteiger charge is 2.45. The molecule has 1 amide bonds. The molecule has 0 spiro atoms. The molecule has 3 aliphatic rings. The molecule has 0 unspecified atom stereocenters. The van der Waals surface area contributed by atoms with Crippen LogP contribution in [0, 0.1) is 11.6 Å². The first-order valence-electron chi connectivity index (χ1n) is 16.6. The molecule has 252 valence electrons. The Balaban J connectivity index is 1.27. The Kier molecular flexibility index (Phi) is 8.95. The van der Waals surface area contributed by atoms with Crippen molar-refractivity contribution >= 4 is 45.0 Å². The molecular weight excluding hydrogens is 636 g/mol. The molecule has 3 saturated heterocycles. The molecule has 7 rings (SSSR count). The molecule has 0 aliphatic carbocycles. The van der Waals surface area contributed by atoms with Crippen LogP contribution in [0.5, 0.6) is 6.01 Å². The highest BCUT2D eigenvalue weighted by Crippen LogP contribution is 2.41. The smallest absolute Gasteiger partial charge is 0.319 e. The van der Waals surface area contributed by atoms with Gasteiger partial charge in [-0.15, -0.1) is 0 Å². The van der Waals surface area contributed by atoms with Crippen molar-refractivity contribution in [2.45, 2.75) is 43.7 Å². The number of amides is 1. The van der Waals surface area contributed by atoms with Crippen LogP contribution in [-0.2, 0) is 4.79 Å². The molecule has 5 heterocycles. The first-order valence-corrected chi connectivity index (χ1v) is 17.0. The van der Waals surface area contributed by atoms with Crippen LogP contribution in [0.2, 0.25) is 5.02 Å². The van der Waals surface area contributed by atoms with Crippen molar-refractivity contribution in [2.24, 2.45) is 0 Å². The lowest BCUT2D eigenvalue weighted by Gasteiger charge is -2.31. The quantitative estimate of drug-likeness (QED) is 0.202. The van der Waals surface area contributed by atoms with Crippen molar-refractivity contribution in [1.29, 1.82) is 0 Å². The van der Waals surface area contributed by atoms with Crippen molar-refractivity contribution in [1.82, 2.24) is 29.7 Å². The molecule has 2 aromatic carbocycles. The number of carbonyl (C=O) groups is 1. The summed E-state index contributed by atoms with van der Waals surface area (Å²) >= 11 is 6.42. The number of pyridine rings is 1. The summed E-state index contributed by atoms with van der Waals surface area (Å²) in [6, 6.07) is 8.18. The van der Waals surface area contributed by atoms with Gasteiger partial charge in [0, 0.05) is 55.9 Å². The number of halogens is 3. The summed E-state index contributed by atoms with van der Waals surface area (Å²) in [5.41, 5.74) is 0.382. The van der Waals surface area contributed by atoms with E-state index in [9.17, 15) is 9.18 Å². The lowest BCUT2D eigenvalue weighted by atomic mass is 9.95. The molecule has 0 N–H and O–H groups in total. The van der Waals surface area contributed by atoms with Gasteiger partial charge in [0.25, 0.3) is 0 Å². The summed E-state index contributed by atoms with van der Waals surface area (Å²) in [5, 5.41) is 1.37. The lowest BCUT2D eigenvalue weighted by molar-refractivity contribution is -0.125. The van der Waals surface area contributed by atoms with E-state index in [4.69, 9.17) is 21.3 Å². The van der Waals surface area contributed by atoms with Gasteiger partial charge in [0.05, 0.1) is 15.9 Å². The second-order valence-electron chi connectivity index (χ2n) is 13.5. The van der Waals surface area contributed by atoms with Crippen molar-refractivity contribution in [2.75, 3.05) is 65.4 Å². The molecule has 48 heavy (non-hydrogen) atoms. The average Bonchev–Trinajstić information content (AvgIpc) is 3.82. The van der Waals surface area contributed by atoms with E-state index in [1.165, 1.54) is 6.07 Å². The van der Waals surface area contributed by atoms with Gasteiger partial charge in [0.1, 0.15) is 29.5 Å². The summed E-state index contributed by atoms with van der Waals surface area (Å²) in [7, 11) is 5.81. The number of hydrogen-bond donors (Lipinski definition) is 0. The zero-order valence-electron chi connectivity index (χ0n) is 27.6. The molecule has 0 saturated carbocycles. The normalized spacial score (nSPS) is 19.3. The number of rotatable bonds is 9. The minimum absolute atomic E-state index is 0.0114. The monoisotopic (exact) mass is 675 g/mol. The summed E-state index contributed by atoms with van der Waals surface area (Å²) < 4.78 is 37.7. The summed E-state index contributed by atoms with van der Waals surface area (Å²) in [5.74, 6) is -0.823. The van der Waals surface area contributed by atoms with Crippen molar-refractivity contribution in [3.63, 3.8) is 0 Å². The molecule has 1 atom stereocenters. The van der Waals surface area contributed by atoms with Crippen LogP contribution in [0.3, 0.4) is 0 Å². The molecule has 9 nitrogen and oxygen atoms in total. The Morgan fingerprint density at radius 3 is 2.67 bits per heavy atom. The molecule has 3 aliphatic heterocycles. The maximum absolute atomic E-state index is 16.8. The third-order valence-electron chi connectivity index (χ3n) is 10.2. The second kappa shape index (κ2) is 13.2. The van der Waals surface area contributed by atoms with E-state index in [-0.39, 0.29) is 39.7 Å². The number of fused-ring (bicyclic) bond motifs is 3. The number of ether oxygens (including phenoxy) is 1. The predicted molar refractivity (Wildman–Crippen MR) is 185 cm³/mol. The topological polar surface area (TPSA) is 77.9 Å². The van der Waals surface area contributed by atoms with Crippen LogP contribution in [0.15, 0.2) is 48.7 Å². The number of benzene rings is 2. The Bertz CT molecular complexity index is 1890. The van der Waals surface area contributed by atoms with Crippen LogP contribution < -0.4 is 9.64 Å². The molecular formula is C36H40ClF2N7O2. The molecule has 4 aromatic rings. The van der Waals surface area contributed by atoms with Gasteiger partial charge in [-0.1, -0.05) is 41.9 Å². The number of aromatic nitrogens is 3. The van der Waals surface area contributed by atoms with Gasteiger partial charge in [-0.3, -0.25) is 14.7 Å². The van der Waals surface area contributed by atoms with Crippen LogP contribution in [0.4, 0.5) is 14.6 Å². The number of carbonyl (C=O) groups excluding carboxylic acids is 1. The highest BCUT2D eigenvalue weighted by molar-refractivity contribution is 6.36. The van der Waals surface area contributed by atoms with Crippen molar-refractivity contribution < 1.29 is 18.3 Å². The average molecular weight is 676 g/mol. The minimum atomic E-state index is -0.669. The predicted octanol–water partition coefficient (Wildman–Crippen LogP) is 5.94. The van der Waals surface area contributed by atoms with E-state index in [1.807, 2.05) is 41.9 Å². The maximum Gasteiger partial charge on any atom is 0.319 e. The van der Waals surface area contributed by atoms with E-state index in [1.54, 1.807) is 36.5 Å². The minimum Gasteiger partial charge on any atom is -0.461 e. The van der Waals surface area contributed by atoms with Gasteiger partial charge in [-0.2, -0.15) is 9.97 Å². The van der Waals surface area contributed by atoms with E-state index < -0.39 is 11.6 Å². The van der Waals surface area contributed by atoms with Crippen LogP contribution in [-0.4, -0.2) is 108 Å². The lowest BCUT2D eigenvalue weighted by Crippen LogP contribution is -2.43. The second-order valence-corrected chi connectivity index (χ2v) is 13.9. The number of nitrogens with zero attached hydrogens (tertiary/aromatic N) is 7. The molecule has 3 fully saturated rings. The molecule has 12 heteroatoms. The summed E-state index contributed by atoms with van der Waals surface area (Å²) in [6.45, 7) is 4.29. The van der Waals surface area contributed by atoms with Gasteiger partial charge in [-0.25, -0.2) is 8.78 Å². The van der Waals surface area contributed by atoms with Crippen LogP contribution >= 0.6 is 11.6 Å². The molecule has 0 radical (unpaired) electrons. The first-order chi connectivity index (χ1) is 23.1. The zero-order valence-corrected chi connectivity index (χ0v) is 28.3. The number of hydrogen-bond acceptors (Lipinski definition) is 8.